The Hall–Kier alpha value is -1.11. The summed E-state index contributed by atoms with van der Waals surface area (Å²) in [6.45, 7) is 1.88. The van der Waals surface area contributed by atoms with Crippen LogP contribution in [0.4, 0.5) is 0 Å². The molecule has 1 N–H and O–H groups in total. The van der Waals surface area contributed by atoms with E-state index in [9.17, 15) is 8.42 Å². The first-order valence-corrected chi connectivity index (χ1v) is 9.13. The third kappa shape index (κ3) is 2.80. The number of aryl methyl sites for hydroxylation is 1. The van der Waals surface area contributed by atoms with Crippen LogP contribution >= 0.6 is 23.7 Å². The predicted molar refractivity (Wildman–Crippen MR) is 88.9 cm³/mol. The second-order valence-corrected chi connectivity index (χ2v) is 8.13. The molecule has 21 heavy (non-hydrogen) atoms. The summed E-state index contributed by atoms with van der Waals surface area (Å²) in [7, 11) is -3.32. The first kappa shape index (κ1) is 16.3. The maximum Gasteiger partial charge on any atom is 0.235 e. The van der Waals surface area contributed by atoms with E-state index in [1.54, 1.807) is 17.5 Å². The molecule has 0 aromatic carbocycles. The van der Waals surface area contributed by atoms with Crippen LogP contribution in [0.25, 0.3) is 0 Å². The predicted octanol–water partition coefficient (Wildman–Crippen LogP) is 3.19. The van der Waals surface area contributed by atoms with Crippen LogP contribution in [0.1, 0.15) is 34.0 Å². The smallest absolute Gasteiger partial charge is 0.235 e. The van der Waals surface area contributed by atoms with E-state index in [-0.39, 0.29) is 18.3 Å². The number of hydrogen-bond donors (Lipinski definition) is 1. The Bertz CT molecular complexity index is 776. The second-order valence-electron chi connectivity index (χ2n) is 5.29. The lowest BCUT2D eigenvalue weighted by atomic mass is 9.84. The summed E-state index contributed by atoms with van der Waals surface area (Å²) < 4.78 is 25.2. The minimum atomic E-state index is -3.32. The summed E-state index contributed by atoms with van der Waals surface area (Å²) in [5, 5.41) is 10.3. The van der Waals surface area contributed by atoms with E-state index in [0.29, 0.717) is 18.6 Å². The van der Waals surface area contributed by atoms with E-state index in [2.05, 4.69) is 6.07 Å². The lowest BCUT2D eigenvalue weighted by Crippen LogP contribution is -2.22. The third-order valence-electron chi connectivity index (χ3n) is 3.75. The van der Waals surface area contributed by atoms with Gasteiger partial charge in [-0.1, -0.05) is 6.07 Å². The fourth-order valence-corrected chi connectivity index (χ4v) is 4.68. The van der Waals surface area contributed by atoms with Crippen molar-refractivity contribution in [3.63, 3.8) is 0 Å². The Kier molecular flexibility index (Phi) is 4.33. The summed E-state index contributed by atoms with van der Waals surface area (Å²) in [4.78, 5) is 1.22. The van der Waals surface area contributed by atoms with Gasteiger partial charge in [0.1, 0.15) is 0 Å². The molecule has 2 aromatic heterocycles. The van der Waals surface area contributed by atoms with Crippen LogP contribution in [-0.4, -0.2) is 24.4 Å². The molecule has 0 bridgehead atoms. The summed E-state index contributed by atoms with van der Waals surface area (Å²) in [6.07, 6.45) is 4.22. The van der Waals surface area contributed by atoms with Crippen molar-refractivity contribution in [1.82, 2.24) is 3.97 Å². The molecule has 2 aromatic rings. The van der Waals surface area contributed by atoms with Crippen LogP contribution in [0, 0.1) is 12.3 Å². The number of thiophene rings is 1. The van der Waals surface area contributed by atoms with Crippen molar-refractivity contribution < 1.29 is 8.42 Å². The topological polar surface area (TPSA) is 62.9 Å². The molecule has 1 unspecified atom stereocenters. The van der Waals surface area contributed by atoms with E-state index in [0.717, 1.165) is 16.8 Å². The molecule has 0 aliphatic heterocycles. The molecule has 0 amide bonds. The first-order valence-electron chi connectivity index (χ1n) is 6.40. The van der Waals surface area contributed by atoms with E-state index < -0.39 is 10.0 Å². The van der Waals surface area contributed by atoms with Crippen LogP contribution in [0.5, 0.6) is 0 Å². The van der Waals surface area contributed by atoms with Crippen molar-refractivity contribution in [2.24, 2.45) is 0 Å². The quantitative estimate of drug-likeness (QED) is 0.909. The van der Waals surface area contributed by atoms with E-state index in [4.69, 9.17) is 5.41 Å². The average molecular weight is 345 g/mol. The summed E-state index contributed by atoms with van der Waals surface area (Å²) in [5.74, 6) is 0.213. The Morgan fingerprint density at radius 2 is 2.10 bits per heavy atom. The highest BCUT2D eigenvalue weighted by Crippen LogP contribution is 2.37. The van der Waals surface area contributed by atoms with Crippen LogP contribution in [0.15, 0.2) is 23.7 Å². The molecule has 0 fully saturated rings. The standard InChI is InChI=1S/C14H16N2O2S2.ClH/c1-9-8-16(20(2,17)18)12-7-10(6-11(15)14(9)12)13-4-3-5-19-13;/h3-5,8,10,15H,6-7H2,1-2H3;1H. The van der Waals surface area contributed by atoms with Crippen molar-refractivity contribution in [3.8, 4) is 0 Å². The number of aromatic nitrogens is 1. The zero-order valence-electron chi connectivity index (χ0n) is 11.8. The van der Waals surface area contributed by atoms with Gasteiger partial charge in [0.15, 0.2) is 0 Å². The van der Waals surface area contributed by atoms with Gasteiger partial charge in [-0.25, -0.2) is 12.4 Å². The van der Waals surface area contributed by atoms with Crippen molar-refractivity contribution in [2.75, 3.05) is 6.26 Å². The molecule has 0 radical (unpaired) electrons. The highest BCUT2D eigenvalue weighted by Gasteiger charge is 2.30. The molecule has 1 aliphatic rings. The van der Waals surface area contributed by atoms with E-state index >= 15 is 0 Å². The molecule has 114 valence electrons. The second kappa shape index (κ2) is 5.59. The molecule has 0 saturated heterocycles. The fourth-order valence-electron chi connectivity index (χ4n) is 2.94. The van der Waals surface area contributed by atoms with Crippen LogP contribution in [-0.2, 0) is 16.4 Å². The highest BCUT2D eigenvalue weighted by atomic mass is 35.5. The largest absolute Gasteiger partial charge is 0.305 e. The minimum Gasteiger partial charge on any atom is -0.305 e. The van der Waals surface area contributed by atoms with Gasteiger partial charge in [-0.05, 0) is 36.8 Å². The lowest BCUT2D eigenvalue weighted by molar-refractivity contribution is 0.588. The number of fused-ring (bicyclic) bond motifs is 1. The van der Waals surface area contributed by atoms with Crippen molar-refractivity contribution >= 4 is 39.5 Å². The van der Waals surface area contributed by atoms with Gasteiger partial charge in [0.2, 0.25) is 10.0 Å². The zero-order chi connectivity index (χ0) is 14.5. The van der Waals surface area contributed by atoms with E-state index in [1.165, 1.54) is 15.1 Å². The van der Waals surface area contributed by atoms with Crippen molar-refractivity contribution in [2.45, 2.75) is 25.7 Å². The Morgan fingerprint density at radius 3 is 2.67 bits per heavy atom. The summed E-state index contributed by atoms with van der Waals surface area (Å²) >= 11 is 1.67. The number of rotatable bonds is 2. The van der Waals surface area contributed by atoms with Crippen LogP contribution < -0.4 is 0 Å². The molecule has 3 rings (SSSR count). The molecule has 7 heteroatoms. The number of halogens is 1. The maximum absolute atomic E-state index is 11.9. The monoisotopic (exact) mass is 344 g/mol. The molecule has 0 spiro atoms. The summed E-state index contributed by atoms with van der Waals surface area (Å²) in [5.41, 5.74) is 3.01. The fraction of sp³-hybridized carbons (Fsp3) is 0.357. The SMILES string of the molecule is Cc1cn(S(C)(=O)=O)c2c1C(=N)CC(c1cccs1)C2.Cl. The van der Waals surface area contributed by atoms with Gasteiger partial charge in [0.05, 0.1) is 6.26 Å². The van der Waals surface area contributed by atoms with Crippen LogP contribution in [0.2, 0.25) is 0 Å². The van der Waals surface area contributed by atoms with E-state index in [1.807, 2.05) is 18.4 Å². The van der Waals surface area contributed by atoms with Gasteiger partial charge in [-0.3, -0.25) is 0 Å². The normalized spacial score (nSPS) is 18.2. The average Bonchev–Trinajstić information content (AvgIpc) is 2.95. The molecule has 4 nitrogen and oxygen atoms in total. The molecular formula is C14H17ClN2O2S2. The molecule has 2 heterocycles. The molecule has 1 atom stereocenters. The minimum absolute atomic E-state index is 0. The zero-order valence-corrected chi connectivity index (χ0v) is 14.2. The molecule has 1 aliphatic carbocycles. The van der Waals surface area contributed by atoms with Crippen LogP contribution in [0.3, 0.4) is 0 Å². The lowest BCUT2D eigenvalue weighted by Gasteiger charge is -2.24. The summed E-state index contributed by atoms with van der Waals surface area (Å²) in [6, 6.07) is 4.06. The maximum atomic E-state index is 11.9. The van der Waals surface area contributed by atoms with Gasteiger partial charge in [0.25, 0.3) is 0 Å². The van der Waals surface area contributed by atoms with Gasteiger partial charge < -0.3 is 5.41 Å². The number of nitrogens with one attached hydrogen (secondary N) is 1. The van der Waals surface area contributed by atoms with Gasteiger partial charge in [-0.2, -0.15) is 0 Å². The third-order valence-corrected chi connectivity index (χ3v) is 5.83. The highest BCUT2D eigenvalue weighted by molar-refractivity contribution is 7.89. The first-order chi connectivity index (χ1) is 9.38. The molecule has 0 saturated carbocycles. The Morgan fingerprint density at radius 1 is 1.38 bits per heavy atom. The van der Waals surface area contributed by atoms with Crippen molar-refractivity contribution in [1.29, 1.82) is 5.41 Å². The number of hydrogen-bond acceptors (Lipinski definition) is 4. The van der Waals surface area contributed by atoms with Gasteiger partial charge in [0, 0.05) is 34.0 Å². The Balaban J connectivity index is 0.00000161. The number of nitrogens with zero attached hydrogens (tertiary/aromatic N) is 1. The van der Waals surface area contributed by atoms with Gasteiger partial charge >= 0.3 is 0 Å². The van der Waals surface area contributed by atoms with Gasteiger partial charge in [-0.15, -0.1) is 23.7 Å². The molecular weight excluding hydrogens is 328 g/mol. The Labute approximate surface area is 134 Å². The van der Waals surface area contributed by atoms with Crippen molar-refractivity contribution in [3.05, 3.63) is 45.4 Å².